The second kappa shape index (κ2) is 1.90. The number of hydrogen-bond acceptors (Lipinski definition) is 3. The zero-order valence-electron chi connectivity index (χ0n) is 8.46. The summed E-state index contributed by atoms with van der Waals surface area (Å²) in [6.45, 7) is 4.69. The highest BCUT2D eigenvalue weighted by Gasteiger charge is 2.80. The SMILES string of the molecule is C[C@@]12CC[C@H]3[C@]1(C)CO[C@]3(C#N)C2=O. The molecule has 0 aromatic heterocycles. The first-order valence-corrected chi connectivity index (χ1v) is 5.11. The van der Waals surface area contributed by atoms with E-state index in [1.165, 1.54) is 0 Å². The second-order valence-corrected chi connectivity index (χ2v) is 5.31. The summed E-state index contributed by atoms with van der Waals surface area (Å²) < 4.78 is 5.49. The van der Waals surface area contributed by atoms with Crippen LogP contribution >= 0.6 is 0 Å². The third kappa shape index (κ3) is 0.492. The van der Waals surface area contributed by atoms with Crippen LogP contribution in [-0.4, -0.2) is 18.0 Å². The van der Waals surface area contributed by atoms with Gasteiger partial charge in [-0.05, 0) is 12.8 Å². The highest BCUT2D eigenvalue weighted by molar-refractivity contribution is 6.00. The van der Waals surface area contributed by atoms with Crippen molar-refractivity contribution in [3.63, 3.8) is 0 Å². The molecule has 2 aliphatic carbocycles. The normalized spacial score (nSPS) is 59.2. The van der Waals surface area contributed by atoms with Crippen molar-refractivity contribution in [2.45, 2.75) is 32.3 Å². The van der Waals surface area contributed by atoms with Gasteiger partial charge in [-0.3, -0.25) is 4.79 Å². The Kier molecular flexibility index (Phi) is 1.14. The van der Waals surface area contributed by atoms with E-state index >= 15 is 0 Å². The Labute approximate surface area is 83.0 Å². The Morgan fingerprint density at radius 2 is 2.29 bits per heavy atom. The first-order chi connectivity index (χ1) is 6.51. The molecular weight excluding hydrogens is 178 g/mol. The predicted molar refractivity (Wildman–Crippen MR) is 48.2 cm³/mol. The average Bonchev–Trinajstić information content (AvgIpc) is 2.65. The lowest BCUT2D eigenvalue weighted by atomic mass is 9.69. The summed E-state index contributed by atoms with van der Waals surface area (Å²) in [4.78, 5) is 12.2. The highest BCUT2D eigenvalue weighted by atomic mass is 16.5. The number of Topliss-reactive ketones (excluding diaryl/α,β-unsaturated/α-hetero) is 1. The van der Waals surface area contributed by atoms with Gasteiger partial charge < -0.3 is 4.74 Å². The van der Waals surface area contributed by atoms with Gasteiger partial charge in [-0.25, -0.2) is 0 Å². The minimum Gasteiger partial charge on any atom is -0.352 e. The van der Waals surface area contributed by atoms with E-state index in [2.05, 4.69) is 13.0 Å². The van der Waals surface area contributed by atoms with Crippen molar-refractivity contribution >= 4 is 5.78 Å². The Balaban J connectivity index is 2.27. The summed E-state index contributed by atoms with van der Waals surface area (Å²) in [5.74, 6) is 0.176. The smallest absolute Gasteiger partial charge is 0.216 e. The van der Waals surface area contributed by atoms with Crippen LogP contribution in [0.2, 0.25) is 0 Å². The number of hydrogen-bond donors (Lipinski definition) is 0. The molecule has 0 unspecified atom stereocenters. The molecule has 2 saturated carbocycles. The molecule has 74 valence electrons. The van der Waals surface area contributed by atoms with E-state index in [4.69, 9.17) is 10.00 Å². The van der Waals surface area contributed by atoms with Gasteiger partial charge in [0.2, 0.25) is 5.60 Å². The lowest BCUT2D eigenvalue weighted by molar-refractivity contribution is -0.154. The molecule has 3 rings (SSSR count). The molecule has 3 fully saturated rings. The molecule has 0 aromatic rings. The standard InChI is InChI=1S/C11H13NO2/c1-9-4-3-7-10(9,2)6-14-11(7,5-12)8(9)13/h7H,3-4,6H2,1-2H3/t7-,9-,10-,11-/m0/s1. The molecule has 1 saturated heterocycles. The average molecular weight is 191 g/mol. The van der Waals surface area contributed by atoms with Gasteiger partial charge in [-0.15, -0.1) is 0 Å². The van der Waals surface area contributed by atoms with E-state index in [0.717, 1.165) is 12.8 Å². The summed E-state index contributed by atoms with van der Waals surface area (Å²) in [7, 11) is 0. The zero-order chi connectivity index (χ0) is 10.2. The Morgan fingerprint density at radius 3 is 2.71 bits per heavy atom. The Bertz CT molecular complexity index is 385. The molecule has 1 heterocycles. The maximum Gasteiger partial charge on any atom is 0.216 e. The van der Waals surface area contributed by atoms with E-state index in [1.807, 2.05) is 6.92 Å². The van der Waals surface area contributed by atoms with Gasteiger partial charge in [-0.2, -0.15) is 5.26 Å². The molecule has 0 radical (unpaired) electrons. The molecule has 14 heavy (non-hydrogen) atoms. The summed E-state index contributed by atoms with van der Waals surface area (Å²) in [5.41, 5.74) is -1.47. The molecule has 0 aromatic carbocycles. The monoisotopic (exact) mass is 191 g/mol. The van der Waals surface area contributed by atoms with Gasteiger partial charge in [0.15, 0.2) is 5.78 Å². The van der Waals surface area contributed by atoms with Gasteiger partial charge in [0.1, 0.15) is 6.07 Å². The van der Waals surface area contributed by atoms with Crippen LogP contribution in [0.3, 0.4) is 0 Å². The van der Waals surface area contributed by atoms with Crippen LogP contribution in [0.4, 0.5) is 0 Å². The molecule has 3 aliphatic rings. The van der Waals surface area contributed by atoms with Crippen molar-refractivity contribution in [2.75, 3.05) is 6.61 Å². The quantitative estimate of drug-likeness (QED) is 0.579. The van der Waals surface area contributed by atoms with Crippen LogP contribution in [0.1, 0.15) is 26.7 Å². The largest absolute Gasteiger partial charge is 0.352 e. The maximum absolute atomic E-state index is 12.2. The minimum atomic E-state index is -1.08. The summed E-state index contributed by atoms with van der Waals surface area (Å²) in [5, 5.41) is 9.17. The molecule has 0 spiro atoms. The van der Waals surface area contributed by atoms with Gasteiger partial charge in [0.25, 0.3) is 0 Å². The Hall–Kier alpha value is -0.880. The maximum atomic E-state index is 12.2. The van der Waals surface area contributed by atoms with Gasteiger partial charge in [0, 0.05) is 16.7 Å². The third-order valence-electron chi connectivity index (χ3n) is 5.06. The van der Waals surface area contributed by atoms with Crippen molar-refractivity contribution in [3.05, 3.63) is 0 Å². The second-order valence-electron chi connectivity index (χ2n) is 5.31. The van der Waals surface area contributed by atoms with Crippen molar-refractivity contribution in [1.29, 1.82) is 5.26 Å². The number of rotatable bonds is 0. The number of nitrogens with zero attached hydrogens (tertiary/aromatic N) is 1. The molecule has 4 bridgehead atoms. The number of ketones is 1. The fourth-order valence-corrected chi connectivity index (χ4v) is 3.87. The zero-order valence-corrected chi connectivity index (χ0v) is 8.46. The van der Waals surface area contributed by atoms with E-state index in [0.29, 0.717) is 6.61 Å². The van der Waals surface area contributed by atoms with Crippen LogP contribution in [0, 0.1) is 28.1 Å². The molecule has 4 atom stereocenters. The fourth-order valence-electron chi connectivity index (χ4n) is 3.87. The molecule has 3 heteroatoms. The number of nitriles is 1. The fraction of sp³-hybridized carbons (Fsp3) is 0.818. The molecule has 3 nitrogen and oxygen atoms in total. The van der Waals surface area contributed by atoms with E-state index < -0.39 is 5.60 Å². The van der Waals surface area contributed by atoms with Crippen molar-refractivity contribution < 1.29 is 9.53 Å². The number of ether oxygens (including phenoxy) is 1. The van der Waals surface area contributed by atoms with Crippen molar-refractivity contribution in [3.8, 4) is 6.07 Å². The van der Waals surface area contributed by atoms with Crippen LogP contribution in [0.5, 0.6) is 0 Å². The number of carbonyl (C=O) groups excluding carboxylic acids is 1. The van der Waals surface area contributed by atoms with E-state index in [1.54, 1.807) is 0 Å². The van der Waals surface area contributed by atoms with Crippen molar-refractivity contribution in [2.24, 2.45) is 16.7 Å². The minimum absolute atomic E-state index is 0.0394. The Morgan fingerprint density at radius 1 is 1.57 bits per heavy atom. The molecule has 0 N–H and O–H groups in total. The first-order valence-electron chi connectivity index (χ1n) is 5.11. The topological polar surface area (TPSA) is 50.1 Å². The van der Waals surface area contributed by atoms with Crippen molar-refractivity contribution in [1.82, 2.24) is 0 Å². The molecular formula is C11H13NO2. The van der Waals surface area contributed by atoms with E-state index in [9.17, 15) is 4.79 Å². The first kappa shape index (κ1) is 8.43. The van der Waals surface area contributed by atoms with Crippen LogP contribution in [0.25, 0.3) is 0 Å². The van der Waals surface area contributed by atoms with Gasteiger partial charge >= 0.3 is 0 Å². The van der Waals surface area contributed by atoms with Gasteiger partial charge in [0.05, 0.1) is 6.61 Å². The highest BCUT2D eigenvalue weighted by Crippen LogP contribution is 2.71. The van der Waals surface area contributed by atoms with Crippen LogP contribution in [-0.2, 0) is 9.53 Å². The lowest BCUT2D eigenvalue weighted by Crippen LogP contribution is -2.50. The third-order valence-corrected chi connectivity index (χ3v) is 5.06. The van der Waals surface area contributed by atoms with Crippen LogP contribution in [0.15, 0.2) is 0 Å². The van der Waals surface area contributed by atoms with E-state index in [-0.39, 0.29) is 22.5 Å². The molecule has 0 amide bonds. The molecule has 1 aliphatic heterocycles. The van der Waals surface area contributed by atoms with Gasteiger partial charge in [-0.1, -0.05) is 13.8 Å². The predicted octanol–water partition coefficient (Wildman–Crippen LogP) is 1.28. The summed E-state index contributed by atoms with van der Waals surface area (Å²) in [6, 6.07) is 2.13. The lowest BCUT2D eigenvalue weighted by Gasteiger charge is -2.38. The summed E-state index contributed by atoms with van der Waals surface area (Å²) >= 11 is 0. The van der Waals surface area contributed by atoms with Crippen LogP contribution < -0.4 is 0 Å². The number of carbonyl (C=O) groups is 1. The summed E-state index contributed by atoms with van der Waals surface area (Å²) in [6.07, 6.45) is 1.89.